The van der Waals surface area contributed by atoms with Crippen molar-refractivity contribution >= 4 is 29.3 Å². The number of halogens is 1. The first-order chi connectivity index (χ1) is 14.1. The second-order valence-electron chi connectivity index (χ2n) is 8.88. The zero-order valence-corrected chi connectivity index (χ0v) is 19.3. The van der Waals surface area contributed by atoms with E-state index in [0.29, 0.717) is 17.0 Å². The molecule has 1 aromatic carbocycles. The minimum atomic E-state index is -0.600. The maximum Gasteiger partial charge on any atom is 0.230 e. The smallest absolute Gasteiger partial charge is 0.230 e. The van der Waals surface area contributed by atoms with Crippen molar-refractivity contribution in [3.05, 3.63) is 46.6 Å². The average molecular weight is 430 g/mol. The summed E-state index contributed by atoms with van der Waals surface area (Å²) >= 11 is 5.98. The van der Waals surface area contributed by atoms with Gasteiger partial charge in [0.1, 0.15) is 5.82 Å². The quantitative estimate of drug-likeness (QED) is 0.715. The van der Waals surface area contributed by atoms with Crippen molar-refractivity contribution in [3.63, 3.8) is 0 Å². The van der Waals surface area contributed by atoms with E-state index < -0.39 is 5.41 Å². The monoisotopic (exact) mass is 429 g/mol. The molecule has 7 heteroatoms. The van der Waals surface area contributed by atoms with Crippen molar-refractivity contribution < 1.29 is 4.79 Å². The number of benzene rings is 1. The molecule has 1 saturated carbocycles. The van der Waals surface area contributed by atoms with Gasteiger partial charge in [-0.25, -0.2) is 4.98 Å². The molecule has 0 saturated heterocycles. The normalized spacial score (nSPS) is 19.3. The van der Waals surface area contributed by atoms with Gasteiger partial charge in [0.25, 0.3) is 0 Å². The highest BCUT2D eigenvalue weighted by molar-refractivity contribution is 6.30. The molecule has 1 aliphatic rings. The van der Waals surface area contributed by atoms with Crippen LogP contribution in [0.5, 0.6) is 0 Å². The summed E-state index contributed by atoms with van der Waals surface area (Å²) in [5.74, 6) is 1.63. The van der Waals surface area contributed by atoms with Crippen LogP contribution >= 0.6 is 11.6 Å². The Morgan fingerprint density at radius 2 is 1.67 bits per heavy atom. The number of nitrogens with one attached hydrogen (secondary N) is 2. The number of carbonyl (C=O) groups excluding carboxylic acids is 1. The summed E-state index contributed by atoms with van der Waals surface area (Å²) in [6.45, 7) is 5.89. The lowest BCUT2D eigenvalue weighted by atomic mass is 9.82. The van der Waals surface area contributed by atoms with Gasteiger partial charge in [-0.2, -0.15) is 4.98 Å². The van der Waals surface area contributed by atoms with Gasteiger partial charge in [-0.15, -0.1) is 0 Å². The number of carbonyl (C=O) groups is 1. The van der Waals surface area contributed by atoms with Crippen LogP contribution in [0.25, 0.3) is 0 Å². The van der Waals surface area contributed by atoms with Crippen LogP contribution in [-0.4, -0.2) is 42.1 Å². The van der Waals surface area contributed by atoms with Gasteiger partial charge in [-0.05, 0) is 64.2 Å². The fourth-order valence-corrected chi connectivity index (χ4v) is 3.90. The number of anilines is 2. The first-order valence-corrected chi connectivity index (χ1v) is 10.9. The van der Waals surface area contributed by atoms with Crippen LogP contribution in [0.3, 0.4) is 0 Å². The zero-order chi connectivity index (χ0) is 21.9. The lowest BCUT2D eigenvalue weighted by Crippen LogP contribution is -2.47. The fraction of sp³-hybridized carbons (Fsp3) is 0.522. The van der Waals surface area contributed by atoms with Gasteiger partial charge >= 0.3 is 0 Å². The summed E-state index contributed by atoms with van der Waals surface area (Å²) in [4.78, 5) is 24.0. The molecule has 0 unspecified atom stereocenters. The molecule has 0 atom stereocenters. The SMILES string of the molecule is Cc1cc(N(C)C)nc(N[C@H]2CC[C@@H](NC(=O)C(C)(C)c3ccc(Cl)cc3)CC2)n1. The first kappa shape index (κ1) is 22.3. The number of aryl methyl sites for hydroxylation is 1. The maximum absolute atomic E-state index is 12.9. The highest BCUT2D eigenvalue weighted by atomic mass is 35.5. The summed E-state index contributed by atoms with van der Waals surface area (Å²) in [6.07, 6.45) is 3.82. The predicted octanol–water partition coefficient (Wildman–Crippen LogP) is 4.32. The van der Waals surface area contributed by atoms with Gasteiger partial charge in [-0.3, -0.25) is 4.79 Å². The number of amides is 1. The summed E-state index contributed by atoms with van der Waals surface area (Å²) in [5, 5.41) is 7.41. The molecule has 1 heterocycles. The number of nitrogens with zero attached hydrogens (tertiary/aromatic N) is 3. The van der Waals surface area contributed by atoms with E-state index in [9.17, 15) is 4.79 Å². The van der Waals surface area contributed by atoms with E-state index in [2.05, 4.69) is 20.6 Å². The Balaban J connectivity index is 1.54. The highest BCUT2D eigenvalue weighted by Gasteiger charge is 2.32. The van der Waals surface area contributed by atoms with Crippen molar-refractivity contribution in [1.82, 2.24) is 15.3 Å². The van der Waals surface area contributed by atoms with Crippen LogP contribution in [0.4, 0.5) is 11.8 Å². The van der Waals surface area contributed by atoms with Gasteiger partial charge in [-0.1, -0.05) is 23.7 Å². The molecule has 30 heavy (non-hydrogen) atoms. The van der Waals surface area contributed by atoms with E-state index in [1.807, 2.05) is 70.1 Å². The molecule has 1 aromatic heterocycles. The molecule has 0 radical (unpaired) electrons. The van der Waals surface area contributed by atoms with E-state index >= 15 is 0 Å². The maximum atomic E-state index is 12.9. The van der Waals surface area contributed by atoms with Crippen LogP contribution in [0, 0.1) is 6.92 Å². The van der Waals surface area contributed by atoms with Gasteiger partial charge in [0.2, 0.25) is 11.9 Å². The Bertz CT molecular complexity index is 874. The Hall–Kier alpha value is -2.34. The second kappa shape index (κ2) is 9.21. The molecule has 2 N–H and O–H groups in total. The van der Waals surface area contributed by atoms with E-state index in [0.717, 1.165) is 42.8 Å². The molecule has 6 nitrogen and oxygen atoms in total. The molecule has 3 rings (SSSR count). The molecule has 1 fully saturated rings. The van der Waals surface area contributed by atoms with Crippen LogP contribution in [-0.2, 0) is 10.2 Å². The third-order valence-electron chi connectivity index (χ3n) is 5.83. The van der Waals surface area contributed by atoms with Crippen molar-refractivity contribution in [3.8, 4) is 0 Å². The van der Waals surface area contributed by atoms with E-state index in [4.69, 9.17) is 11.6 Å². The Labute approximate surface area is 184 Å². The van der Waals surface area contributed by atoms with Crippen molar-refractivity contribution in [2.75, 3.05) is 24.3 Å². The molecule has 2 aromatic rings. The minimum Gasteiger partial charge on any atom is -0.363 e. The van der Waals surface area contributed by atoms with Crippen LogP contribution in [0.1, 0.15) is 50.8 Å². The zero-order valence-electron chi connectivity index (χ0n) is 18.5. The highest BCUT2D eigenvalue weighted by Crippen LogP contribution is 2.27. The number of hydrogen-bond donors (Lipinski definition) is 2. The Kier molecular flexibility index (Phi) is 6.86. The third-order valence-corrected chi connectivity index (χ3v) is 6.08. The molecule has 1 amide bonds. The topological polar surface area (TPSA) is 70.2 Å². The predicted molar refractivity (Wildman–Crippen MR) is 123 cm³/mol. The third kappa shape index (κ3) is 5.42. The lowest BCUT2D eigenvalue weighted by molar-refractivity contribution is -0.126. The average Bonchev–Trinajstić information content (AvgIpc) is 2.69. The summed E-state index contributed by atoms with van der Waals surface area (Å²) in [5.41, 5.74) is 1.31. The molecular formula is C23H32ClN5O. The summed E-state index contributed by atoms with van der Waals surface area (Å²) in [7, 11) is 3.95. The van der Waals surface area contributed by atoms with Crippen molar-refractivity contribution in [2.45, 2.75) is 64.0 Å². The van der Waals surface area contributed by atoms with Gasteiger partial charge in [0.05, 0.1) is 5.41 Å². The van der Waals surface area contributed by atoms with Gasteiger partial charge < -0.3 is 15.5 Å². The Morgan fingerprint density at radius 1 is 1.07 bits per heavy atom. The van der Waals surface area contributed by atoms with Crippen LogP contribution in [0.15, 0.2) is 30.3 Å². The summed E-state index contributed by atoms with van der Waals surface area (Å²) < 4.78 is 0. The van der Waals surface area contributed by atoms with E-state index in [-0.39, 0.29) is 11.9 Å². The van der Waals surface area contributed by atoms with Crippen molar-refractivity contribution in [2.24, 2.45) is 0 Å². The van der Waals surface area contributed by atoms with E-state index in [1.165, 1.54) is 0 Å². The summed E-state index contributed by atoms with van der Waals surface area (Å²) in [6, 6.07) is 9.99. The first-order valence-electron chi connectivity index (χ1n) is 10.5. The molecular weight excluding hydrogens is 398 g/mol. The number of rotatable bonds is 6. The van der Waals surface area contributed by atoms with Crippen molar-refractivity contribution in [1.29, 1.82) is 0 Å². The Morgan fingerprint density at radius 3 is 2.27 bits per heavy atom. The second-order valence-corrected chi connectivity index (χ2v) is 9.32. The molecule has 0 bridgehead atoms. The fourth-order valence-electron chi connectivity index (χ4n) is 3.77. The molecule has 1 aliphatic carbocycles. The van der Waals surface area contributed by atoms with Gasteiger partial charge in [0.15, 0.2) is 0 Å². The largest absolute Gasteiger partial charge is 0.363 e. The lowest BCUT2D eigenvalue weighted by Gasteiger charge is -2.33. The van der Waals surface area contributed by atoms with Gasteiger partial charge in [0, 0.05) is 43.0 Å². The van der Waals surface area contributed by atoms with Crippen LogP contribution in [0.2, 0.25) is 5.02 Å². The van der Waals surface area contributed by atoms with E-state index in [1.54, 1.807) is 0 Å². The molecule has 162 valence electrons. The molecule has 0 spiro atoms. The minimum absolute atomic E-state index is 0.0545. The standard InChI is InChI=1S/C23H32ClN5O/c1-15-14-20(29(4)5)28-22(25-15)27-19-12-10-18(11-13-19)26-21(30)23(2,3)16-6-8-17(24)9-7-16/h6-9,14,18-19H,10-13H2,1-5H3,(H,26,30)(H,25,27,28)/t18-,19+. The number of hydrogen-bond acceptors (Lipinski definition) is 5. The molecule has 0 aliphatic heterocycles. The number of aromatic nitrogens is 2. The van der Waals surface area contributed by atoms with Crippen LogP contribution < -0.4 is 15.5 Å².